The second kappa shape index (κ2) is 12.1. The number of hydrogen-bond acceptors (Lipinski definition) is 4. The first-order chi connectivity index (χ1) is 16.3. The molecule has 0 saturated carbocycles. The van der Waals surface area contributed by atoms with E-state index in [4.69, 9.17) is 0 Å². The van der Waals surface area contributed by atoms with E-state index in [-0.39, 0.29) is 5.78 Å². The lowest BCUT2D eigenvalue weighted by molar-refractivity contribution is 0.0977. The maximum atomic E-state index is 12.7. The van der Waals surface area contributed by atoms with Crippen molar-refractivity contribution in [3.05, 3.63) is 89.7 Å². The number of piperidine rings is 1. The Morgan fingerprint density at radius 3 is 2.39 bits per heavy atom. The normalized spacial score (nSPS) is 14.4. The minimum absolute atomic E-state index is 0.228. The molecule has 1 N–H and O–H groups in total. The molecular weight excluding hydrogens is 406 g/mol. The summed E-state index contributed by atoms with van der Waals surface area (Å²) in [5.74, 6) is 0.228. The average Bonchev–Trinajstić information content (AvgIpc) is 2.87. The Labute approximate surface area is 197 Å². The van der Waals surface area contributed by atoms with Gasteiger partial charge in [0.05, 0.1) is 0 Å². The molecule has 4 rings (SSSR count). The van der Waals surface area contributed by atoms with Crippen LogP contribution in [0.15, 0.2) is 73.1 Å². The van der Waals surface area contributed by atoms with Crippen LogP contribution in [0, 0.1) is 0 Å². The average molecular weight is 440 g/mol. The number of carbonyl (C=O) groups is 1. The number of likely N-dealkylation sites (tertiary alicyclic amines) is 1. The van der Waals surface area contributed by atoms with Gasteiger partial charge in [0.15, 0.2) is 5.78 Å². The van der Waals surface area contributed by atoms with E-state index in [1.54, 1.807) is 12.4 Å². The molecule has 0 spiro atoms. The van der Waals surface area contributed by atoms with Crippen LogP contribution in [0.1, 0.15) is 60.0 Å². The van der Waals surface area contributed by atoms with Crippen molar-refractivity contribution in [1.82, 2.24) is 9.88 Å². The quantitative estimate of drug-likeness (QED) is 0.278. The van der Waals surface area contributed by atoms with Crippen LogP contribution in [-0.2, 0) is 0 Å². The number of benzene rings is 2. The van der Waals surface area contributed by atoms with E-state index in [9.17, 15) is 4.79 Å². The zero-order chi connectivity index (χ0) is 22.7. The van der Waals surface area contributed by atoms with Crippen molar-refractivity contribution in [1.29, 1.82) is 0 Å². The largest absolute Gasteiger partial charge is 0.355 e. The van der Waals surface area contributed by atoms with Gasteiger partial charge in [0.1, 0.15) is 0 Å². The molecule has 2 heterocycles. The number of Topliss-reactive ketones (excluding diaryl/α,β-unsaturated/α-hetero) is 1. The summed E-state index contributed by atoms with van der Waals surface area (Å²) in [5, 5.41) is 3.45. The first kappa shape index (κ1) is 22.9. The molecule has 33 heavy (non-hydrogen) atoms. The minimum Gasteiger partial charge on any atom is -0.355 e. The predicted molar refractivity (Wildman–Crippen MR) is 138 cm³/mol. The van der Waals surface area contributed by atoms with Gasteiger partial charge in [-0.1, -0.05) is 42.8 Å². The van der Waals surface area contributed by atoms with Gasteiger partial charge in [-0.25, -0.2) is 0 Å². The van der Waals surface area contributed by atoms with Gasteiger partial charge in [-0.2, -0.15) is 0 Å². The number of nitrogens with zero attached hydrogens (tertiary/aromatic N) is 2. The van der Waals surface area contributed by atoms with Gasteiger partial charge < -0.3 is 10.2 Å². The zero-order valence-corrected chi connectivity index (χ0v) is 19.2. The topological polar surface area (TPSA) is 45.2 Å². The number of ketones is 1. The first-order valence-electron chi connectivity index (χ1n) is 12.1. The fourth-order valence-corrected chi connectivity index (χ4v) is 4.27. The van der Waals surface area contributed by atoms with Gasteiger partial charge in [0.2, 0.25) is 0 Å². The molecule has 1 fully saturated rings. The standard InChI is InChI=1S/C29H33N3O/c33-29(12-2-5-21-32-19-3-1-4-20-32)26-9-7-11-28(23-26)31-27-10-6-8-25(22-27)14-13-24-15-17-30-18-16-24/h6-11,13-18,22-23,31H,1-5,12,19-21H2/b14-13+. The van der Waals surface area contributed by atoms with Crippen molar-refractivity contribution in [3.63, 3.8) is 0 Å². The number of carbonyl (C=O) groups excluding carboxylic acids is 1. The van der Waals surface area contributed by atoms with Crippen molar-refractivity contribution in [2.24, 2.45) is 0 Å². The molecule has 0 atom stereocenters. The van der Waals surface area contributed by atoms with Crippen molar-refractivity contribution in [2.45, 2.75) is 38.5 Å². The second-order valence-corrected chi connectivity index (χ2v) is 8.73. The number of anilines is 2. The molecule has 2 aromatic carbocycles. The smallest absolute Gasteiger partial charge is 0.162 e. The summed E-state index contributed by atoms with van der Waals surface area (Å²) in [6.07, 6.45) is 14.4. The number of unbranched alkanes of at least 4 members (excludes halogenated alkanes) is 1. The monoisotopic (exact) mass is 439 g/mol. The maximum Gasteiger partial charge on any atom is 0.162 e. The van der Waals surface area contributed by atoms with Crippen LogP contribution in [0.2, 0.25) is 0 Å². The number of pyridine rings is 1. The minimum atomic E-state index is 0.228. The molecule has 4 nitrogen and oxygen atoms in total. The van der Waals surface area contributed by atoms with Crippen molar-refractivity contribution in [3.8, 4) is 0 Å². The number of nitrogens with one attached hydrogen (secondary N) is 1. The lowest BCUT2D eigenvalue weighted by atomic mass is 10.0. The molecule has 4 heteroatoms. The van der Waals surface area contributed by atoms with E-state index < -0.39 is 0 Å². The van der Waals surface area contributed by atoms with Gasteiger partial charge in [-0.05, 0) is 92.8 Å². The molecule has 0 aliphatic carbocycles. The predicted octanol–water partition coefficient (Wildman–Crippen LogP) is 6.83. The third-order valence-electron chi connectivity index (χ3n) is 6.11. The van der Waals surface area contributed by atoms with Crippen LogP contribution >= 0.6 is 0 Å². The van der Waals surface area contributed by atoms with E-state index in [2.05, 4.69) is 39.5 Å². The summed E-state index contributed by atoms with van der Waals surface area (Å²) in [7, 11) is 0. The highest BCUT2D eigenvalue weighted by Gasteiger charge is 2.11. The molecule has 3 aromatic rings. The van der Waals surface area contributed by atoms with E-state index in [1.165, 1.54) is 32.4 Å². The first-order valence-corrected chi connectivity index (χ1v) is 12.1. The van der Waals surface area contributed by atoms with Crippen LogP contribution in [0.25, 0.3) is 12.2 Å². The van der Waals surface area contributed by atoms with Crippen molar-refractivity contribution in [2.75, 3.05) is 25.0 Å². The molecule has 0 radical (unpaired) electrons. The van der Waals surface area contributed by atoms with Crippen LogP contribution < -0.4 is 5.32 Å². The maximum absolute atomic E-state index is 12.7. The number of aromatic nitrogens is 1. The van der Waals surface area contributed by atoms with Crippen LogP contribution in [0.3, 0.4) is 0 Å². The van der Waals surface area contributed by atoms with Crippen LogP contribution in [-0.4, -0.2) is 35.3 Å². The third kappa shape index (κ3) is 7.40. The summed E-state index contributed by atoms with van der Waals surface area (Å²) in [4.78, 5) is 19.3. The molecule has 1 aromatic heterocycles. The number of hydrogen-bond donors (Lipinski definition) is 1. The Balaban J connectivity index is 1.30. The lowest BCUT2D eigenvalue weighted by Gasteiger charge is -2.26. The lowest BCUT2D eigenvalue weighted by Crippen LogP contribution is -2.30. The van der Waals surface area contributed by atoms with Gasteiger partial charge in [-0.15, -0.1) is 0 Å². The fraction of sp³-hybridized carbons (Fsp3) is 0.310. The second-order valence-electron chi connectivity index (χ2n) is 8.73. The third-order valence-corrected chi connectivity index (χ3v) is 6.11. The summed E-state index contributed by atoms with van der Waals surface area (Å²) in [5.41, 5.74) is 4.94. The van der Waals surface area contributed by atoms with Crippen LogP contribution in [0.4, 0.5) is 11.4 Å². The van der Waals surface area contributed by atoms with E-state index in [0.29, 0.717) is 6.42 Å². The van der Waals surface area contributed by atoms with Gasteiger partial charge in [0, 0.05) is 35.8 Å². The Morgan fingerprint density at radius 2 is 1.58 bits per heavy atom. The van der Waals surface area contributed by atoms with Gasteiger partial charge >= 0.3 is 0 Å². The molecule has 170 valence electrons. The SMILES string of the molecule is O=C(CCCCN1CCCCC1)c1cccc(Nc2cccc(/C=C/c3ccncc3)c2)c1. The molecule has 0 amide bonds. The Hall–Kier alpha value is -3.24. The summed E-state index contributed by atoms with van der Waals surface area (Å²) < 4.78 is 0. The summed E-state index contributed by atoms with van der Waals surface area (Å²) >= 11 is 0. The molecular formula is C29H33N3O. The van der Waals surface area contributed by atoms with Gasteiger partial charge in [0.25, 0.3) is 0 Å². The van der Waals surface area contributed by atoms with E-state index >= 15 is 0 Å². The van der Waals surface area contributed by atoms with E-state index in [1.807, 2.05) is 48.5 Å². The van der Waals surface area contributed by atoms with Crippen molar-refractivity contribution < 1.29 is 4.79 Å². The summed E-state index contributed by atoms with van der Waals surface area (Å²) in [6, 6.07) is 20.1. The Bertz CT molecular complexity index is 1060. The Kier molecular flexibility index (Phi) is 8.42. The fourth-order valence-electron chi connectivity index (χ4n) is 4.27. The zero-order valence-electron chi connectivity index (χ0n) is 19.2. The Morgan fingerprint density at radius 1 is 0.848 bits per heavy atom. The van der Waals surface area contributed by atoms with E-state index in [0.717, 1.165) is 47.5 Å². The highest BCUT2D eigenvalue weighted by molar-refractivity contribution is 5.97. The highest BCUT2D eigenvalue weighted by Crippen LogP contribution is 2.21. The molecule has 1 aliphatic heterocycles. The molecule has 0 unspecified atom stereocenters. The molecule has 1 saturated heterocycles. The highest BCUT2D eigenvalue weighted by atomic mass is 16.1. The molecule has 1 aliphatic rings. The van der Waals surface area contributed by atoms with Crippen LogP contribution in [0.5, 0.6) is 0 Å². The van der Waals surface area contributed by atoms with Gasteiger partial charge in [-0.3, -0.25) is 9.78 Å². The summed E-state index contributed by atoms with van der Waals surface area (Å²) in [6.45, 7) is 3.57. The molecule has 0 bridgehead atoms. The van der Waals surface area contributed by atoms with Crippen molar-refractivity contribution >= 4 is 29.3 Å². The number of rotatable bonds is 10.